The van der Waals surface area contributed by atoms with E-state index in [1.165, 1.54) is 63.7 Å². The zero-order valence-electron chi connectivity index (χ0n) is 17.1. The average molecular weight is 444 g/mol. The smallest absolute Gasteiger partial charge is 0.255 e. The number of anilines is 1. The van der Waals surface area contributed by atoms with Crippen LogP contribution in [0.4, 0.5) is 10.1 Å². The predicted octanol–water partition coefficient (Wildman–Crippen LogP) is 4.13. The van der Waals surface area contributed by atoms with Gasteiger partial charge in [-0.2, -0.15) is 0 Å². The zero-order valence-corrected chi connectivity index (χ0v) is 17.9. The van der Waals surface area contributed by atoms with Gasteiger partial charge in [0.25, 0.3) is 5.91 Å². The molecule has 0 aromatic heterocycles. The van der Waals surface area contributed by atoms with Crippen LogP contribution >= 0.6 is 0 Å². The summed E-state index contributed by atoms with van der Waals surface area (Å²) in [7, 11) is 0.595. The van der Waals surface area contributed by atoms with Crippen molar-refractivity contribution in [1.29, 1.82) is 0 Å². The molecule has 0 saturated carbocycles. The number of nitrogens with one attached hydrogen (secondary N) is 1. The van der Waals surface area contributed by atoms with E-state index in [0.717, 1.165) is 4.31 Å². The lowest BCUT2D eigenvalue weighted by Gasteiger charge is -2.15. The third kappa shape index (κ3) is 5.19. The fraction of sp³-hybridized carbons (Fsp3) is 0.136. The highest BCUT2D eigenvalue weighted by Crippen LogP contribution is 2.29. The Bertz CT molecular complexity index is 1180. The van der Waals surface area contributed by atoms with E-state index in [9.17, 15) is 17.6 Å². The van der Waals surface area contributed by atoms with Crippen molar-refractivity contribution in [2.45, 2.75) is 4.90 Å². The molecule has 0 bridgehead atoms. The third-order valence-corrected chi connectivity index (χ3v) is 6.17. The van der Waals surface area contributed by atoms with Gasteiger partial charge < -0.3 is 14.8 Å². The quantitative estimate of drug-likeness (QED) is 0.592. The highest BCUT2D eigenvalue weighted by Gasteiger charge is 2.20. The molecule has 3 aromatic rings. The number of rotatable bonds is 7. The maximum atomic E-state index is 13.0. The summed E-state index contributed by atoms with van der Waals surface area (Å²) in [5.41, 5.74) is 0.552. The second kappa shape index (κ2) is 9.15. The van der Waals surface area contributed by atoms with Gasteiger partial charge in [-0.3, -0.25) is 4.79 Å². The van der Waals surface area contributed by atoms with E-state index in [1.807, 2.05) is 0 Å². The monoisotopic (exact) mass is 444 g/mol. The minimum Gasteiger partial charge on any atom is -0.495 e. The molecule has 0 aliphatic rings. The summed E-state index contributed by atoms with van der Waals surface area (Å²) in [5, 5.41) is 2.68. The summed E-state index contributed by atoms with van der Waals surface area (Å²) in [6, 6.07) is 16.1. The molecule has 0 saturated heterocycles. The first kappa shape index (κ1) is 22.3. The van der Waals surface area contributed by atoms with Gasteiger partial charge in [-0.25, -0.2) is 17.1 Å². The molecule has 0 spiro atoms. The molecule has 3 rings (SSSR count). The van der Waals surface area contributed by atoms with Crippen molar-refractivity contribution in [2.75, 3.05) is 26.5 Å². The van der Waals surface area contributed by atoms with Crippen LogP contribution in [-0.4, -0.2) is 39.8 Å². The molecule has 0 atom stereocenters. The molecular formula is C22H21FN2O5S. The highest BCUT2D eigenvalue weighted by atomic mass is 32.2. The molecule has 1 amide bonds. The molecule has 0 radical (unpaired) electrons. The highest BCUT2D eigenvalue weighted by molar-refractivity contribution is 7.89. The largest absolute Gasteiger partial charge is 0.495 e. The standard InChI is InChI=1S/C22H21FN2O5S/c1-25(2)31(27,28)19-12-13-21(29-3)20(14-19)24-22(26)15-4-8-17(9-5-15)30-18-10-6-16(23)7-11-18/h4-14H,1-3H3,(H,24,26). The summed E-state index contributed by atoms with van der Waals surface area (Å²) >= 11 is 0. The van der Waals surface area contributed by atoms with Crippen LogP contribution in [-0.2, 0) is 10.0 Å². The van der Waals surface area contributed by atoms with Gasteiger partial charge >= 0.3 is 0 Å². The van der Waals surface area contributed by atoms with Crippen molar-refractivity contribution in [3.05, 3.63) is 78.1 Å². The average Bonchev–Trinajstić information content (AvgIpc) is 2.75. The number of hydrogen-bond acceptors (Lipinski definition) is 5. The van der Waals surface area contributed by atoms with Crippen molar-refractivity contribution < 1.29 is 27.1 Å². The number of carbonyl (C=O) groups is 1. The van der Waals surface area contributed by atoms with Crippen LogP contribution in [0.2, 0.25) is 0 Å². The van der Waals surface area contributed by atoms with Crippen LogP contribution in [0.5, 0.6) is 17.2 Å². The number of hydrogen-bond donors (Lipinski definition) is 1. The predicted molar refractivity (Wildman–Crippen MR) is 115 cm³/mol. The van der Waals surface area contributed by atoms with Crippen LogP contribution < -0.4 is 14.8 Å². The zero-order chi connectivity index (χ0) is 22.6. The number of amides is 1. The Morgan fingerprint density at radius 1 is 0.935 bits per heavy atom. The lowest BCUT2D eigenvalue weighted by atomic mass is 10.2. The second-order valence-corrected chi connectivity index (χ2v) is 8.84. The molecule has 0 unspecified atom stereocenters. The second-order valence-electron chi connectivity index (χ2n) is 6.68. The topological polar surface area (TPSA) is 84.9 Å². The van der Waals surface area contributed by atoms with E-state index < -0.39 is 15.9 Å². The number of benzene rings is 3. The van der Waals surface area contributed by atoms with Crippen LogP contribution in [0.25, 0.3) is 0 Å². The lowest BCUT2D eigenvalue weighted by Crippen LogP contribution is -2.22. The molecule has 0 aliphatic carbocycles. The molecule has 162 valence electrons. The minimum atomic E-state index is -3.68. The summed E-state index contributed by atoms with van der Waals surface area (Å²) < 4.78 is 49.7. The minimum absolute atomic E-state index is 0.0247. The van der Waals surface area contributed by atoms with Crippen LogP contribution in [0.3, 0.4) is 0 Å². The number of ether oxygens (including phenoxy) is 2. The molecular weight excluding hydrogens is 423 g/mol. The van der Waals surface area contributed by atoms with Gasteiger partial charge in [0.1, 0.15) is 23.1 Å². The summed E-state index contributed by atoms with van der Waals surface area (Å²) in [6.45, 7) is 0. The van der Waals surface area contributed by atoms with Gasteiger partial charge in [-0.05, 0) is 66.7 Å². The summed E-state index contributed by atoms with van der Waals surface area (Å²) in [6.07, 6.45) is 0. The van der Waals surface area contributed by atoms with Crippen LogP contribution in [0, 0.1) is 5.82 Å². The first-order valence-corrected chi connectivity index (χ1v) is 10.6. The number of carbonyl (C=O) groups excluding carboxylic acids is 1. The van der Waals surface area contributed by atoms with E-state index in [2.05, 4.69) is 5.32 Å². The van der Waals surface area contributed by atoms with Crippen molar-refractivity contribution in [3.63, 3.8) is 0 Å². The Morgan fingerprint density at radius 3 is 2.06 bits per heavy atom. The lowest BCUT2D eigenvalue weighted by molar-refractivity contribution is 0.102. The first-order chi connectivity index (χ1) is 14.7. The maximum absolute atomic E-state index is 13.0. The fourth-order valence-corrected chi connectivity index (χ4v) is 3.59. The maximum Gasteiger partial charge on any atom is 0.255 e. The van der Waals surface area contributed by atoms with Crippen LogP contribution in [0.15, 0.2) is 71.6 Å². The Hall–Kier alpha value is -3.43. The van der Waals surface area contributed by atoms with Gasteiger partial charge in [0.2, 0.25) is 10.0 Å². The number of halogens is 1. The Kier molecular flexibility index (Phi) is 6.57. The van der Waals surface area contributed by atoms with Gasteiger partial charge in [0, 0.05) is 19.7 Å². The van der Waals surface area contributed by atoms with E-state index >= 15 is 0 Å². The van der Waals surface area contributed by atoms with Crippen molar-refractivity contribution in [1.82, 2.24) is 4.31 Å². The van der Waals surface area contributed by atoms with Crippen LogP contribution in [0.1, 0.15) is 10.4 Å². The molecule has 7 nitrogen and oxygen atoms in total. The summed E-state index contributed by atoms with van der Waals surface area (Å²) in [5.74, 6) is 0.438. The summed E-state index contributed by atoms with van der Waals surface area (Å²) in [4.78, 5) is 12.7. The van der Waals surface area contributed by atoms with E-state index in [4.69, 9.17) is 9.47 Å². The van der Waals surface area contributed by atoms with Gasteiger partial charge in [0.15, 0.2) is 0 Å². The van der Waals surface area contributed by atoms with Crippen molar-refractivity contribution in [3.8, 4) is 17.2 Å². The van der Waals surface area contributed by atoms with E-state index in [0.29, 0.717) is 22.8 Å². The number of sulfonamides is 1. The SMILES string of the molecule is COc1ccc(S(=O)(=O)N(C)C)cc1NC(=O)c1ccc(Oc2ccc(F)cc2)cc1. The first-order valence-electron chi connectivity index (χ1n) is 9.16. The molecule has 0 aliphatic heterocycles. The molecule has 3 aromatic carbocycles. The number of methoxy groups -OCH3 is 1. The molecule has 0 fully saturated rings. The third-order valence-electron chi connectivity index (χ3n) is 4.36. The van der Waals surface area contributed by atoms with Crippen molar-refractivity contribution in [2.24, 2.45) is 0 Å². The molecule has 0 heterocycles. The van der Waals surface area contributed by atoms with Crippen molar-refractivity contribution >= 4 is 21.6 Å². The number of nitrogens with zero attached hydrogens (tertiary/aromatic N) is 1. The van der Waals surface area contributed by atoms with Gasteiger partial charge in [0.05, 0.1) is 17.7 Å². The van der Waals surface area contributed by atoms with E-state index in [-0.39, 0.29) is 16.4 Å². The molecule has 31 heavy (non-hydrogen) atoms. The Morgan fingerprint density at radius 2 is 1.52 bits per heavy atom. The Balaban J connectivity index is 1.78. The molecule has 1 N–H and O–H groups in total. The fourth-order valence-electron chi connectivity index (χ4n) is 2.66. The molecule has 9 heteroatoms. The Labute approximate surface area is 180 Å². The van der Waals surface area contributed by atoms with E-state index in [1.54, 1.807) is 24.3 Å². The van der Waals surface area contributed by atoms with Gasteiger partial charge in [-0.1, -0.05) is 0 Å². The van der Waals surface area contributed by atoms with Gasteiger partial charge in [-0.15, -0.1) is 0 Å². The normalized spacial score (nSPS) is 11.3.